The van der Waals surface area contributed by atoms with Crippen LogP contribution < -0.4 is 10.2 Å². The molecule has 1 saturated heterocycles. The number of aryl methyl sites for hydroxylation is 1. The van der Waals surface area contributed by atoms with Crippen molar-refractivity contribution >= 4 is 29.3 Å². The van der Waals surface area contributed by atoms with Crippen LogP contribution in [0.3, 0.4) is 0 Å². The van der Waals surface area contributed by atoms with Crippen molar-refractivity contribution in [1.29, 1.82) is 0 Å². The number of rotatable bonds is 5. The first-order valence-corrected chi connectivity index (χ1v) is 7.84. The zero-order chi connectivity index (χ0) is 17.8. The van der Waals surface area contributed by atoms with Crippen molar-refractivity contribution in [3.8, 4) is 0 Å². The normalized spacial score (nSPS) is 13.8. The second-order valence-corrected chi connectivity index (χ2v) is 5.61. The molecule has 0 radical (unpaired) electrons. The second-order valence-electron chi connectivity index (χ2n) is 5.61. The fourth-order valence-corrected chi connectivity index (χ4v) is 2.60. The molecule has 1 fully saturated rings. The second kappa shape index (κ2) is 7.16. The lowest BCUT2D eigenvalue weighted by molar-refractivity contribution is -0.119. The molecule has 8 nitrogen and oxygen atoms in total. The third kappa shape index (κ3) is 3.85. The van der Waals surface area contributed by atoms with E-state index in [1.54, 1.807) is 42.2 Å². The van der Waals surface area contributed by atoms with Crippen LogP contribution in [-0.4, -0.2) is 36.1 Å². The summed E-state index contributed by atoms with van der Waals surface area (Å²) in [5, 5.41) is 6.08. The van der Waals surface area contributed by atoms with Gasteiger partial charge in [0.2, 0.25) is 5.91 Å². The van der Waals surface area contributed by atoms with E-state index < -0.39 is 18.5 Å². The molecule has 0 unspecified atom stereocenters. The van der Waals surface area contributed by atoms with Crippen molar-refractivity contribution in [1.82, 2.24) is 5.16 Å². The monoisotopic (exact) mass is 343 g/mol. The molecule has 1 aliphatic rings. The van der Waals surface area contributed by atoms with E-state index >= 15 is 0 Å². The van der Waals surface area contributed by atoms with E-state index in [2.05, 4.69) is 10.5 Å². The lowest BCUT2D eigenvalue weighted by Crippen LogP contribution is -2.27. The van der Waals surface area contributed by atoms with Crippen molar-refractivity contribution in [3.05, 3.63) is 41.7 Å². The van der Waals surface area contributed by atoms with Gasteiger partial charge in [-0.05, 0) is 25.5 Å². The Morgan fingerprint density at radius 1 is 1.36 bits per heavy atom. The van der Waals surface area contributed by atoms with E-state index in [0.29, 0.717) is 24.4 Å². The number of esters is 1. The van der Waals surface area contributed by atoms with Crippen LogP contribution in [0.5, 0.6) is 0 Å². The summed E-state index contributed by atoms with van der Waals surface area (Å²) in [6.07, 6.45) is 1.21. The zero-order valence-corrected chi connectivity index (χ0v) is 13.7. The predicted molar refractivity (Wildman–Crippen MR) is 88.2 cm³/mol. The Morgan fingerprint density at radius 3 is 2.84 bits per heavy atom. The SMILES string of the molecule is Cc1cc(NC(=O)COC(=O)c2ccccc2N2CCCC2=O)no1. The molecule has 2 aromatic rings. The zero-order valence-electron chi connectivity index (χ0n) is 13.7. The number of amides is 2. The minimum atomic E-state index is -0.665. The maximum Gasteiger partial charge on any atom is 0.340 e. The molecule has 8 heteroatoms. The highest BCUT2D eigenvalue weighted by molar-refractivity contribution is 6.04. The summed E-state index contributed by atoms with van der Waals surface area (Å²) >= 11 is 0. The Morgan fingerprint density at radius 2 is 2.16 bits per heavy atom. The van der Waals surface area contributed by atoms with Crippen LogP contribution in [0.25, 0.3) is 0 Å². The van der Waals surface area contributed by atoms with E-state index in [4.69, 9.17) is 9.26 Å². The van der Waals surface area contributed by atoms with Crippen molar-refractivity contribution < 1.29 is 23.6 Å². The smallest absolute Gasteiger partial charge is 0.340 e. The summed E-state index contributed by atoms with van der Waals surface area (Å²) in [6, 6.07) is 8.24. The number of carbonyl (C=O) groups excluding carboxylic acids is 3. The average Bonchev–Trinajstić information content (AvgIpc) is 3.21. The quantitative estimate of drug-likeness (QED) is 0.832. The van der Waals surface area contributed by atoms with Crippen LogP contribution in [0, 0.1) is 6.92 Å². The van der Waals surface area contributed by atoms with E-state index in [9.17, 15) is 14.4 Å². The molecule has 130 valence electrons. The Bertz CT molecular complexity index is 814. The van der Waals surface area contributed by atoms with Crippen LogP contribution in [0.15, 0.2) is 34.9 Å². The molecule has 0 aliphatic carbocycles. The maximum absolute atomic E-state index is 12.3. The lowest BCUT2D eigenvalue weighted by atomic mass is 10.1. The number of nitrogens with zero attached hydrogens (tertiary/aromatic N) is 2. The Kier molecular flexibility index (Phi) is 4.78. The van der Waals surface area contributed by atoms with E-state index in [-0.39, 0.29) is 17.3 Å². The molecule has 1 aromatic heterocycles. The van der Waals surface area contributed by atoms with Gasteiger partial charge in [0.1, 0.15) is 5.76 Å². The topological polar surface area (TPSA) is 102 Å². The van der Waals surface area contributed by atoms with Gasteiger partial charge >= 0.3 is 5.97 Å². The largest absolute Gasteiger partial charge is 0.452 e. The average molecular weight is 343 g/mol. The van der Waals surface area contributed by atoms with Gasteiger partial charge in [-0.15, -0.1) is 0 Å². The summed E-state index contributed by atoms with van der Waals surface area (Å²) in [7, 11) is 0. The highest BCUT2D eigenvalue weighted by Gasteiger charge is 2.26. The molecule has 1 N–H and O–H groups in total. The van der Waals surface area contributed by atoms with Gasteiger partial charge in [-0.2, -0.15) is 0 Å². The molecular formula is C17H17N3O5. The Labute approximate surface area is 143 Å². The van der Waals surface area contributed by atoms with Gasteiger partial charge in [0.15, 0.2) is 12.4 Å². The fourth-order valence-electron chi connectivity index (χ4n) is 2.60. The van der Waals surface area contributed by atoms with Gasteiger partial charge in [-0.1, -0.05) is 17.3 Å². The molecule has 2 heterocycles. The van der Waals surface area contributed by atoms with Crippen molar-refractivity contribution in [3.63, 3.8) is 0 Å². The lowest BCUT2D eigenvalue weighted by Gasteiger charge is -2.18. The minimum absolute atomic E-state index is 0.0283. The first-order valence-electron chi connectivity index (χ1n) is 7.84. The molecule has 25 heavy (non-hydrogen) atoms. The van der Waals surface area contributed by atoms with Crippen LogP contribution in [-0.2, 0) is 14.3 Å². The summed E-state index contributed by atoms with van der Waals surface area (Å²) in [5.74, 6) is -0.421. The van der Waals surface area contributed by atoms with Crippen molar-refractivity contribution in [2.75, 3.05) is 23.4 Å². The number of benzene rings is 1. The molecular weight excluding hydrogens is 326 g/mol. The molecule has 0 saturated carbocycles. The molecule has 2 amide bonds. The number of para-hydroxylation sites is 1. The van der Waals surface area contributed by atoms with Crippen molar-refractivity contribution in [2.45, 2.75) is 19.8 Å². The Hall–Kier alpha value is -3.16. The number of nitrogens with one attached hydrogen (secondary N) is 1. The fraction of sp³-hybridized carbons (Fsp3) is 0.294. The van der Waals surface area contributed by atoms with Crippen LogP contribution in [0.4, 0.5) is 11.5 Å². The number of anilines is 2. The van der Waals surface area contributed by atoms with Crippen molar-refractivity contribution in [2.24, 2.45) is 0 Å². The van der Waals surface area contributed by atoms with Gasteiger partial charge in [0.25, 0.3) is 5.91 Å². The van der Waals surface area contributed by atoms with Gasteiger partial charge in [0, 0.05) is 19.0 Å². The first kappa shape index (κ1) is 16.7. The molecule has 1 aromatic carbocycles. The molecule has 0 atom stereocenters. The number of aromatic nitrogens is 1. The third-order valence-corrected chi connectivity index (χ3v) is 3.72. The highest BCUT2D eigenvalue weighted by atomic mass is 16.5. The van der Waals surface area contributed by atoms with Crippen LogP contribution in [0.1, 0.15) is 29.0 Å². The summed E-state index contributed by atoms with van der Waals surface area (Å²) in [5.41, 5.74) is 0.755. The Balaban J connectivity index is 1.63. The number of ether oxygens (including phenoxy) is 1. The van der Waals surface area contributed by atoms with Crippen LogP contribution >= 0.6 is 0 Å². The van der Waals surface area contributed by atoms with Gasteiger partial charge < -0.3 is 19.5 Å². The van der Waals surface area contributed by atoms with Gasteiger partial charge in [-0.25, -0.2) is 4.79 Å². The number of hydrogen-bond donors (Lipinski definition) is 1. The highest BCUT2D eigenvalue weighted by Crippen LogP contribution is 2.25. The summed E-state index contributed by atoms with van der Waals surface area (Å²) < 4.78 is 9.89. The summed E-state index contributed by atoms with van der Waals surface area (Å²) in [6.45, 7) is 1.79. The van der Waals surface area contributed by atoms with E-state index in [0.717, 1.165) is 6.42 Å². The number of hydrogen-bond acceptors (Lipinski definition) is 6. The van der Waals surface area contributed by atoms with Gasteiger partial charge in [-0.3, -0.25) is 9.59 Å². The van der Waals surface area contributed by atoms with E-state index in [1.165, 1.54) is 0 Å². The molecule has 3 rings (SSSR count). The molecule has 0 bridgehead atoms. The third-order valence-electron chi connectivity index (χ3n) is 3.72. The minimum Gasteiger partial charge on any atom is -0.452 e. The standard InChI is InChI=1S/C17H17N3O5/c1-11-9-14(19-25-11)18-15(21)10-24-17(23)12-5-2-3-6-13(12)20-8-4-7-16(20)22/h2-3,5-6,9H,4,7-8,10H2,1H3,(H,18,19,21). The maximum atomic E-state index is 12.3. The number of carbonyl (C=O) groups is 3. The summed E-state index contributed by atoms with van der Waals surface area (Å²) in [4.78, 5) is 37.6. The molecule has 1 aliphatic heterocycles. The van der Waals surface area contributed by atoms with Crippen LogP contribution in [0.2, 0.25) is 0 Å². The van der Waals surface area contributed by atoms with Gasteiger partial charge in [0.05, 0.1) is 11.3 Å². The first-order chi connectivity index (χ1) is 12.0. The molecule has 0 spiro atoms. The van der Waals surface area contributed by atoms with E-state index in [1.807, 2.05) is 0 Å². The predicted octanol–water partition coefficient (Wildman–Crippen LogP) is 1.91.